The highest BCUT2D eigenvalue weighted by Gasteiger charge is 2.13. The van der Waals surface area contributed by atoms with Crippen molar-refractivity contribution >= 4 is 22.5 Å². The molecule has 19 heavy (non-hydrogen) atoms. The van der Waals surface area contributed by atoms with E-state index in [2.05, 4.69) is 4.98 Å². The van der Waals surface area contributed by atoms with Gasteiger partial charge < -0.3 is 9.52 Å². The largest absolute Gasteiger partial charge is 0.447 e. The van der Waals surface area contributed by atoms with Crippen LogP contribution < -0.4 is 0 Å². The lowest BCUT2D eigenvalue weighted by Gasteiger charge is -2.08. The molecule has 0 spiro atoms. The maximum atomic E-state index is 10.1. The van der Waals surface area contributed by atoms with E-state index in [1.807, 2.05) is 36.4 Å². The first-order valence-corrected chi connectivity index (χ1v) is 6.38. The summed E-state index contributed by atoms with van der Waals surface area (Å²) in [4.78, 5) is 4.51. The second kappa shape index (κ2) is 5.03. The maximum absolute atomic E-state index is 10.1. The van der Waals surface area contributed by atoms with Crippen molar-refractivity contribution in [1.29, 1.82) is 0 Å². The second-order valence-electron chi connectivity index (χ2n) is 4.36. The molecule has 0 saturated carbocycles. The van der Waals surface area contributed by atoms with Gasteiger partial charge in [-0.05, 0) is 35.9 Å². The molecule has 0 bridgehead atoms. The smallest absolute Gasteiger partial charge is 0.193 e. The zero-order chi connectivity index (χ0) is 13.2. The first-order chi connectivity index (χ1) is 9.22. The van der Waals surface area contributed by atoms with Crippen LogP contribution >= 0.6 is 11.6 Å². The summed E-state index contributed by atoms with van der Waals surface area (Å²) in [5.41, 5.74) is 1.74. The lowest BCUT2D eigenvalue weighted by atomic mass is 10.1. The van der Waals surface area contributed by atoms with Crippen LogP contribution in [0.3, 0.4) is 0 Å². The standard InChI is InChI=1S/C15H12ClNO2/c16-15-8-7-14(19-15)13(18)9-11-6-5-10-3-1-2-4-12(10)17-11/h1-8,13,18H,9H2. The van der Waals surface area contributed by atoms with E-state index >= 15 is 0 Å². The Morgan fingerprint density at radius 2 is 1.95 bits per heavy atom. The summed E-state index contributed by atoms with van der Waals surface area (Å²) in [5, 5.41) is 11.4. The summed E-state index contributed by atoms with van der Waals surface area (Å²) in [5.74, 6) is 0.458. The van der Waals surface area contributed by atoms with Crippen molar-refractivity contribution in [2.45, 2.75) is 12.5 Å². The number of halogens is 1. The van der Waals surface area contributed by atoms with Gasteiger partial charge >= 0.3 is 0 Å². The number of pyridine rings is 1. The van der Waals surface area contributed by atoms with Crippen LogP contribution in [0.25, 0.3) is 10.9 Å². The first-order valence-electron chi connectivity index (χ1n) is 6.00. The predicted octanol–water partition coefficient (Wildman–Crippen LogP) is 3.76. The molecule has 0 amide bonds. The first kappa shape index (κ1) is 12.2. The van der Waals surface area contributed by atoms with Crippen LogP contribution in [0.2, 0.25) is 5.22 Å². The van der Waals surface area contributed by atoms with Crippen LogP contribution in [0.5, 0.6) is 0 Å². The van der Waals surface area contributed by atoms with Crippen molar-refractivity contribution in [2.75, 3.05) is 0 Å². The highest BCUT2D eigenvalue weighted by molar-refractivity contribution is 6.28. The van der Waals surface area contributed by atoms with Gasteiger partial charge in [-0.3, -0.25) is 4.98 Å². The summed E-state index contributed by atoms with van der Waals surface area (Å²) in [6, 6.07) is 15.1. The zero-order valence-electron chi connectivity index (χ0n) is 10.1. The lowest BCUT2D eigenvalue weighted by molar-refractivity contribution is 0.149. The monoisotopic (exact) mass is 273 g/mol. The number of fused-ring (bicyclic) bond motifs is 1. The fraction of sp³-hybridized carbons (Fsp3) is 0.133. The maximum Gasteiger partial charge on any atom is 0.193 e. The molecule has 1 N–H and O–H groups in total. The fourth-order valence-corrected chi connectivity index (χ4v) is 2.18. The van der Waals surface area contributed by atoms with E-state index in [0.29, 0.717) is 12.2 Å². The number of aromatic nitrogens is 1. The summed E-state index contributed by atoms with van der Waals surface area (Å²) in [6.45, 7) is 0. The van der Waals surface area contributed by atoms with Crippen LogP contribution in [0.15, 0.2) is 52.9 Å². The van der Waals surface area contributed by atoms with Gasteiger partial charge in [0, 0.05) is 17.5 Å². The normalized spacial score (nSPS) is 12.7. The Morgan fingerprint density at radius 1 is 1.11 bits per heavy atom. The van der Waals surface area contributed by atoms with Crippen molar-refractivity contribution in [3.05, 3.63) is 65.2 Å². The molecule has 0 aliphatic rings. The molecular formula is C15H12ClNO2. The number of rotatable bonds is 3. The van der Waals surface area contributed by atoms with Crippen LogP contribution in [0.1, 0.15) is 17.6 Å². The SMILES string of the molecule is OC(Cc1ccc2ccccc2n1)c1ccc(Cl)o1. The fourth-order valence-electron chi connectivity index (χ4n) is 2.03. The summed E-state index contributed by atoms with van der Waals surface area (Å²) in [7, 11) is 0. The quantitative estimate of drug-likeness (QED) is 0.790. The summed E-state index contributed by atoms with van der Waals surface area (Å²) < 4.78 is 5.19. The molecule has 3 rings (SSSR count). The minimum atomic E-state index is -0.735. The van der Waals surface area contributed by atoms with E-state index in [9.17, 15) is 5.11 Å². The number of hydrogen-bond acceptors (Lipinski definition) is 3. The number of aliphatic hydroxyl groups excluding tert-OH is 1. The second-order valence-corrected chi connectivity index (χ2v) is 4.73. The Kier molecular flexibility index (Phi) is 3.23. The van der Waals surface area contributed by atoms with Crippen molar-refractivity contribution in [1.82, 2.24) is 4.98 Å². The molecule has 0 fully saturated rings. The molecule has 96 valence electrons. The predicted molar refractivity (Wildman–Crippen MR) is 74.1 cm³/mol. The summed E-state index contributed by atoms with van der Waals surface area (Å²) >= 11 is 5.69. The minimum Gasteiger partial charge on any atom is -0.447 e. The van der Waals surface area contributed by atoms with Gasteiger partial charge in [-0.2, -0.15) is 0 Å². The van der Waals surface area contributed by atoms with E-state index in [-0.39, 0.29) is 5.22 Å². The number of aliphatic hydroxyl groups is 1. The Labute approximate surface area is 115 Å². The Bertz CT molecular complexity index is 708. The van der Waals surface area contributed by atoms with Crippen LogP contribution in [0.4, 0.5) is 0 Å². The van der Waals surface area contributed by atoms with E-state index in [0.717, 1.165) is 16.6 Å². The molecule has 2 aromatic heterocycles. The Morgan fingerprint density at radius 3 is 2.74 bits per heavy atom. The molecule has 3 aromatic rings. The van der Waals surface area contributed by atoms with E-state index < -0.39 is 6.10 Å². The third-order valence-corrected chi connectivity index (χ3v) is 3.18. The number of furan rings is 1. The number of benzene rings is 1. The van der Waals surface area contributed by atoms with Gasteiger partial charge in [0.2, 0.25) is 0 Å². The highest BCUT2D eigenvalue weighted by Crippen LogP contribution is 2.23. The average molecular weight is 274 g/mol. The van der Waals surface area contributed by atoms with Crippen molar-refractivity contribution < 1.29 is 9.52 Å². The molecule has 1 aromatic carbocycles. The summed E-state index contributed by atoms with van der Waals surface area (Å²) in [6.07, 6.45) is -0.338. The number of nitrogens with zero attached hydrogens (tertiary/aromatic N) is 1. The molecule has 4 heteroatoms. The van der Waals surface area contributed by atoms with Crippen LogP contribution in [-0.4, -0.2) is 10.1 Å². The van der Waals surface area contributed by atoms with E-state index in [1.165, 1.54) is 0 Å². The molecular weight excluding hydrogens is 262 g/mol. The van der Waals surface area contributed by atoms with Gasteiger partial charge in [0.1, 0.15) is 11.9 Å². The van der Waals surface area contributed by atoms with Gasteiger partial charge in [0.25, 0.3) is 0 Å². The Hall–Kier alpha value is -1.84. The Balaban J connectivity index is 1.84. The van der Waals surface area contributed by atoms with Crippen molar-refractivity contribution in [3.8, 4) is 0 Å². The average Bonchev–Trinajstić information content (AvgIpc) is 2.85. The molecule has 2 heterocycles. The van der Waals surface area contributed by atoms with E-state index in [4.69, 9.17) is 16.0 Å². The van der Waals surface area contributed by atoms with Crippen LogP contribution in [0, 0.1) is 0 Å². The molecule has 0 aliphatic carbocycles. The number of para-hydroxylation sites is 1. The van der Waals surface area contributed by atoms with Crippen molar-refractivity contribution in [2.24, 2.45) is 0 Å². The van der Waals surface area contributed by atoms with E-state index in [1.54, 1.807) is 12.1 Å². The van der Waals surface area contributed by atoms with Gasteiger partial charge in [-0.1, -0.05) is 24.3 Å². The third kappa shape index (κ3) is 2.62. The minimum absolute atomic E-state index is 0.278. The molecule has 1 unspecified atom stereocenters. The van der Waals surface area contributed by atoms with Gasteiger partial charge in [0.15, 0.2) is 5.22 Å². The molecule has 0 aliphatic heterocycles. The molecule has 3 nitrogen and oxygen atoms in total. The molecule has 0 radical (unpaired) electrons. The van der Waals surface area contributed by atoms with Crippen LogP contribution in [-0.2, 0) is 6.42 Å². The third-order valence-electron chi connectivity index (χ3n) is 2.98. The topological polar surface area (TPSA) is 46.3 Å². The number of hydrogen-bond donors (Lipinski definition) is 1. The van der Waals surface area contributed by atoms with Gasteiger partial charge in [0.05, 0.1) is 5.52 Å². The molecule has 1 atom stereocenters. The van der Waals surface area contributed by atoms with Crippen molar-refractivity contribution in [3.63, 3.8) is 0 Å². The zero-order valence-corrected chi connectivity index (χ0v) is 10.8. The lowest BCUT2D eigenvalue weighted by Crippen LogP contribution is -2.02. The van der Waals surface area contributed by atoms with Gasteiger partial charge in [-0.25, -0.2) is 0 Å². The van der Waals surface area contributed by atoms with Gasteiger partial charge in [-0.15, -0.1) is 0 Å². The highest BCUT2D eigenvalue weighted by atomic mass is 35.5. The molecule has 0 saturated heterocycles.